The molecule has 0 aliphatic carbocycles. The smallest absolute Gasteiger partial charge is 0.310 e. The summed E-state index contributed by atoms with van der Waals surface area (Å²) in [7, 11) is 0. The Morgan fingerprint density at radius 3 is 2.54 bits per heavy atom. The lowest BCUT2D eigenvalue weighted by molar-refractivity contribution is 0.0676. The highest BCUT2D eigenvalue weighted by Gasteiger charge is 2.37. The minimum absolute atomic E-state index is 0.0637. The van der Waals surface area contributed by atoms with Crippen molar-refractivity contribution in [3.8, 4) is 11.1 Å². The first-order valence-corrected chi connectivity index (χ1v) is 12.0. The Morgan fingerprint density at radius 1 is 1.00 bits per heavy atom. The lowest BCUT2D eigenvalue weighted by Crippen LogP contribution is -2.27. The summed E-state index contributed by atoms with van der Waals surface area (Å²) in [6.07, 6.45) is 1.51. The summed E-state index contributed by atoms with van der Waals surface area (Å²) >= 11 is 6.35. The quantitative estimate of drug-likeness (QED) is 0.296. The third-order valence-electron chi connectivity index (χ3n) is 6.44. The van der Waals surface area contributed by atoms with Crippen LogP contribution in [0.15, 0.2) is 106 Å². The SMILES string of the molecule is O=C(c1ccco1)N1N=C(c2c(-c3ccccc3)c3cc(Cl)ccc3[nH]c2=O)CC1c1ccccc1F. The lowest BCUT2D eigenvalue weighted by atomic mass is 9.91. The van der Waals surface area contributed by atoms with E-state index in [-0.39, 0.29) is 17.7 Å². The molecule has 1 N–H and O–H groups in total. The molecule has 1 atom stereocenters. The van der Waals surface area contributed by atoms with Crippen LogP contribution in [0.3, 0.4) is 0 Å². The van der Waals surface area contributed by atoms with Crippen molar-refractivity contribution in [2.24, 2.45) is 5.10 Å². The topological polar surface area (TPSA) is 78.7 Å². The number of aromatic nitrogens is 1. The molecule has 0 saturated heterocycles. The Bertz CT molecular complexity index is 1730. The van der Waals surface area contributed by atoms with Gasteiger partial charge in [0, 0.05) is 33.5 Å². The fourth-order valence-corrected chi connectivity index (χ4v) is 4.97. The molecule has 0 bridgehead atoms. The van der Waals surface area contributed by atoms with Gasteiger partial charge in [-0.25, -0.2) is 9.40 Å². The first-order valence-electron chi connectivity index (χ1n) is 11.6. The fraction of sp³-hybridized carbons (Fsp3) is 0.0690. The van der Waals surface area contributed by atoms with E-state index in [9.17, 15) is 14.0 Å². The van der Waals surface area contributed by atoms with Gasteiger partial charge in [0.05, 0.1) is 23.6 Å². The summed E-state index contributed by atoms with van der Waals surface area (Å²) in [4.78, 5) is 29.8. The molecule has 5 aromatic rings. The molecule has 6 nitrogen and oxygen atoms in total. The molecule has 6 rings (SSSR count). The van der Waals surface area contributed by atoms with Crippen LogP contribution in [0.4, 0.5) is 4.39 Å². The van der Waals surface area contributed by atoms with Gasteiger partial charge in [0.25, 0.3) is 5.56 Å². The summed E-state index contributed by atoms with van der Waals surface area (Å²) in [6, 6.07) is 23.3. The number of hydrogen-bond acceptors (Lipinski definition) is 4. The number of hydrogen-bond donors (Lipinski definition) is 1. The third-order valence-corrected chi connectivity index (χ3v) is 6.68. The first-order chi connectivity index (χ1) is 18.0. The second kappa shape index (κ2) is 9.19. The Morgan fingerprint density at radius 2 is 1.78 bits per heavy atom. The summed E-state index contributed by atoms with van der Waals surface area (Å²) in [5.41, 5.74) is 2.63. The Hall–Kier alpha value is -4.49. The van der Waals surface area contributed by atoms with E-state index in [2.05, 4.69) is 10.1 Å². The molecule has 182 valence electrons. The predicted molar refractivity (Wildman–Crippen MR) is 140 cm³/mol. The zero-order chi connectivity index (χ0) is 25.5. The van der Waals surface area contributed by atoms with E-state index in [0.717, 1.165) is 10.9 Å². The van der Waals surface area contributed by atoms with Crippen LogP contribution < -0.4 is 5.56 Å². The highest BCUT2D eigenvalue weighted by molar-refractivity contribution is 6.31. The number of halogens is 2. The van der Waals surface area contributed by atoms with Crippen molar-refractivity contribution in [1.29, 1.82) is 0 Å². The monoisotopic (exact) mass is 511 g/mol. The zero-order valence-corrected chi connectivity index (χ0v) is 20.1. The van der Waals surface area contributed by atoms with Crippen LogP contribution >= 0.6 is 11.6 Å². The van der Waals surface area contributed by atoms with E-state index in [1.807, 2.05) is 30.3 Å². The molecule has 3 heterocycles. The van der Waals surface area contributed by atoms with Crippen LogP contribution in [0.25, 0.3) is 22.0 Å². The van der Waals surface area contributed by atoms with Crippen LogP contribution in [0.1, 0.15) is 34.1 Å². The van der Waals surface area contributed by atoms with Gasteiger partial charge in [0.2, 0.25) is 0 Å². The molecular weight excluding hydrogens is 493 g/mol. The van der Waals surface area contributed by atoms with Crippen molar-refractivity contribution in [3.63, 3.8) is 0 Å². The molecule has 1 unspecified atom stereocenters. The fourth-order valence-electron chi connectivity index (χ4n) is 4.79. The van der Waals surface area contributed by atoms with Crippen molar-refractivity contribution < 1.29 is 13.6 Å². The number of benzene rings is 3. The number of rotatable bonds is 4. The van der Waals surface area contributed by atoms with E-state index < -0.39 is 17.8 Å². The van der Waals surface area contributed by atoms with Crippen LogP contribution in [-0.4, -0.2) is 21.6 Å². The number of carbonyl (C=O) groups excluding carboxylic acids is 1. The zero-order valence-electron chi connectivity index (χ0n) is 19.3. The molecule has 0 saturated carbocycles. The van der Waals surface area contributed by atoms with Gasteiger partial charge in [-0.1, -0.05) is 60.1 Å². The second-order valence-electron chi connectivity index (χ2n) is 8.68. The van der Waals surface area contributed by atoms with Gasteiger partial charge in [0.1, 0.15) is 5.82 Å². The number of nitrogens with zero attached hydrogens (tertiary/aromatic N) is 2. The van der Waals surface area contributed by atoms with Crippen LogP contribution in [0, 0.1) is 5.82 Å². The van der Waals surface area contributed by atoms with Gasteiger partial charge >= 0.3 is 5.91 Å². The third kappa shape index (κ3) is 4.03. The molecule has 1 aliphatic rings. The number of hydrazone groups is 1. The lowest BCUT2D eigenvalue weighted by Gasteiger charge is -2.21. The van der Waals surface area contributed by atoms with Crippen molar-refractivity contribution >= 4 is 34.1 Å². The predicted octanol–water partition coefficient (Wildman–Crippen LogP) is 6.57. The Balaban J connectivity index is 1.59. The summed E-state index contributed by atoms with van der Waals surface area (Å²) < 4.78 is 20.2. The van der Waals surface area contributed by atoms with E-state index >= 15 is 0 Å². The number of amides is 1. The van der Waals surface area contributed by atoms with Crippen LogP contribution in [0.5, 0.6) is 0 Å². The standard InChI is InChI=1S/C29H19ClFN3O3/c30-18-12-13-22-20(15-18)26(17-7-2-1-3-8-17)27(28(35)32-22)23-16-24(19-9-4-5-10-21(19)31)34(33-23)29(36)25-11-6-14-37-25/h1-15,24H,16H2,(H,32,35). The van der Waals surface area contributed by atoms with E-state index in [4.69, 9.17) is 16.0 Å². The maximum Gasteiger partial charge on any atom is 0.310 e. The minimum Gasteiger partial charge on any atom is -0.459 e. The molecule has 3 aromatic carbocycles. The molecule has 37 heavy (non-hydrogen) atoms. The van der Waals surface area contributed by atoms with Crippen LogP contribution in [0.2, 0.25) is 5.02 Å². The Labute approximate surface area is 215 Å². The van der Waals surface area contributed by atoms with Gasteiger partial charge in [-0.2, -0.15) is 5.10 Å². The number of aromatic amines is 1. The molecule has 0 radical (unpaired) electrons. The second-order valence-corrected chi connectivity index (χ2v) is 9.11. The molecule has 2 aromatic heterocycles. The van der Waals surface area contributed by atoms with E-state index in [1.165, 1.54) is 23.4 Å². The van der Waals surface area contributed by atoms with E-state index in [1.54, 1.807) is 42.5 Å². The number of H-pyrrole nitrogens is 1. The average molecular weight is 512 g/mol. The number of nitrogens with one attached hydrogen (secondary N) is 1. The molecule has 1 amide bonds. The van der Waals surface area contributed by atoms with Gasteiger partial charge in [0.15, 0.2) is 5.76 Å². The summed E-state index contributed by atoms with van der Waals surface area (Å²) in [6.45, 7) is 0. The summed E-state index contributed by atoms with van der Waals surface area (Å²) in [5.74, 6) is -0.938. The highest BCUT2D eigenvalue weighted by Crippen LogP contribution is 2.38. The average Bonchev–Trinajstić information content (AvgIpc) is 3.60. The van der Waals surface area contributed by atoms with Crippen LogP contribution in [-0.2, 0) is 0 Å². The first kappa shape index (κ1) is 22.9. The molecule has 8 heteroatoms. The maximum atomic E-state index is 14.9. The molecule has 0 fully saturated rings. The van der Waals surface area contributed by atoms with Gasteiger partial charge in [-0.15, -0.1) is 0 Å². The van der Waals surface area contributed by atoms with Crippen molar-refractivity contribution in [2.45, 2.75) is 12.5 Å². The van der Waals surface area contributed by atoms with Crippen molar-refractivity contribution in [2.75, 3.05) is 0 Å². The Kier molecular flexibility index (Phi) is 5.70. The highest BCUT2D eigenvalue weighted by atomic mass is 35.5. The molecule has 1 aliphatic heterocycles. The maximum absolute atomic E-state index is 14.9. The van der Waals surface area contributed by atoms with Crippen molar-refractivity contribution in [3.05, 3.63) is 129 Å². The number of fused-ring (bicyclic) bond motifs is 1. The largest absolute Gasteiger partial charge is 0.459 e. The normalized spacial score (nSPS) is 15.2. The number of carbonyl (C=O) groups is 1. The van der Waals surface area contributed by atoms with Crippen molar-refractivity contribution in [1.82, 2.24) is 9.99 Å². The number of pyridine rings is 1. The van der Waals surface area contributed by atoms with Gasteiger partial charge in [-0.3, -0.25) is 9.59 Å². The van der Waals surface area contributed by atoms with Gasteiger partial charge in [-0.05, 0) is 42.0 Å². The van der Waals surface area contributed by atoms with Gasteiger partial charge < -0.3 is 9.40 Å². The van der Waals surface area contributed by atoms with E-state index in [0.29, 0.717) is 32.9 Å². The molecular formula is C29H19ClFN3O3. The minimum atomic E-state index is -0.771. The number of furan rings is 1. The summed E-state index contributed by atoms with van der Waals surface area (Å²) in [5, 5.41) is 7.05. The molecule has 0 spiro atoms.